The number of hydrogen-bond acceptors (Lipinski definition) is 3. The van der Waals surface area contributed by atoms with E-state index in [2.05, 4.69) is 38.2 Å². The third-order valence-corrected chi connectivity index (χ3v) is 4.92. The Labute approximate surface area is 127 Å². The molecule has 0 aromatic heterocycles. The number of benzene rings is 1. The minimum Gasteiger partial charge on any atom is -0.381 e. The molecule has 0 amide bonds. The molecule has 0 aliphatic heterocycles. The van der Waals surface area contributed by atoms with Crippen LogP contribution in [-0.4, -0.2) is 11.8 Å². The summed E-state index contributed by atoms with van der Waals surface area (Å²) in [6.07, 6.45) is 3.75. The third kappa shape index (κ3) is 3.70. The van der Waals surface area contributed by atoms with Gasteiger partial charge in [0.1, 0.15) is 6.07 Å². The van der Waals surface area contributed by atoms with Gasteiger partial charge in [0.2, 0.25) is 0 Å². The molecule has 3 heteroatoms. The van der Waals surface area contributed by atoms with Gasteiger partial charge in [0, 0.05) is 10.9 Å². The molecule has 1 saturated carbocycles. The van der Waals surface area contributed by atoms with Crippen molar-refractivity contribution in [2.45, 2.75) is 51.0 Å². The highest BCUT2D eigenvalue weighted by molar-refractivity contribution is 7.99. The highest BCUT2D eigenvalue weighted by atomic mass is 32.2. The summed E-state index contributed by atoms with van der Waals surface area (Å²) in [5, 5.41) is 13.1. The second kappa shape index (κ2) is 7.04. The molecule has 1 fully saturated rings. The summed E-state index contributed by atoms with van der Waals surface area (Å²) in [4.78, 5) is 1.09. The smallest absolute Gasteiger partial charge is 0.102 e. The van der Waals surface area contributed by atoms with Crippen molar-refractivity contribution in [1.82, 2.24) is 0 Å². The van der Waals surface area contributed by atoms with E-state index in [1.807, 2.05) is 12.1 Å². The maximum Gasteiger partial charge on any atom is 0.102 e. The van der Waals surface area contributed by atoms with Crippen LogP contribution in [0, 0.1) is 23.2 Å². The fourth-order valence-corrected chi connectivity index (χ4v) is 4.11. The molecule has 1 aromatic carbocycles. The Hall–Kier alpha value is -1.14. The van der Waals surface area contributed by atoms with Gasteiger partial charge in [-0.3, -0.25) is 0 Å². The van der Waals surface area contributed by atoms with Gasteiger partial charge >= 0.3 is 0 Å². The van der Waals surface area contributed by atoms with Gasteiger partial charge in [-0.2, -0.15) is 5.26 Å². The van der Waals surface area contributed by atoms with Crippen LogP contribution >= 0.6 is 11.8 Å². The third-order valence-electron chi connectivity index (χ3n) is 3.98. The molecule has 1 N–H and O–H groups in total. The summed E-state index contributed by atoms with van der Waals surface area (Å²) in [5.41, 5.74) is 1.82. The predicted molar refractivity (Wildman–Crippen MR) is 87.1 cm³/mol. The van der Waals surface area contributed by atoms with Crippen molar-refractivity contribution >= 4 is 17.4 Å². The Balaban J connectivity index is 2.16. The lowest BCUT2D eigenvalue weighted by Crippen LogP contribution is -2.30. The Morgan fingerprint density at radius 1 is 1.25 bits per heavy atom. The normalized spacial score (nSPS) is 26.0. The Morgan fingerprint density at radius 3 is 2.55 bits per heavy atom. The molecule has 2 rings (SSSR count). The summed E-state index contributed by atoms with van der Waals surface area (Å²) in [6.45, 7) is 6.79. The van der Waals surface area contributed by atoms with Crippen molar-refractivity contribution < 1.29 is 0 Å². The van der Waals surface area contributed by atoms with Gasteiger partial charge in [-0.1, -0.05) is 26.8 Å². The van der Waals surface area contributed by atoms with Crippen molar-refractivity contribution in [2.75, 3.05) is 11.1 Å². The van der Waals surface area contributed by atoms with E-state index in [1.165, 1.54) is 19.3 Å². The Kier molecular flexibility index (Phi) is 5.37. The number of rotatable bonds is 4. The summed E-state index contributed by atoms with van der Waals surface area (Å²) >= 11 is 1.74. The van der Waals surface area contributed by atoms with E-state index >= 15 is 0 Å². The van der Waals surface area contributed by atoms with E-state index in [-0.39, 0.29) is 0 Å². The number of thioether (sulfide) groups is 1. The van der Waals surface area contributed by atoms with Crippen molar-refractivity contribution in [3.8, 4) is 6.07 Å². The van der Waals surface area contributed by atoms with E-state index in [9.17, 15) is 5.26 Å². The van der Waals surface area contributed by atoms with Crippen LogP contribution in [0.15, 0.2) is 23.1 Å². The van der Waals surface area contributed by atoms with Gasteiger partial charge in [0.05, 0.1) is 11.3 Å². The average molecular weight is 288 g/mol. The maximum atomic E-state index is 9.46. The Morgan fingerprint density at radius 2 is 1.95 bits per heavy atom. The highest BCUT2D eigenvalue weighted by Crippen LogP contribution is 2.33. The van der Waals surface area contributed by atoms with Crippen LogP contribution in [0.4, 0.5) is 5.69 Å². The van der Waals surface area contributed by atoms with Crippen LogP contribution in [0.5, 0.6) is 0 Å². The van der Waals surface area contributed by atoms with Gasteiger partial charge in [-0.15, -0.1) is 11.8 Å². The number of nitriles is 1. The molecule has 108 valence electrons. The molecule has 1 aliphatic rings. The van der Waals surface area contributed by atoms with Gasteiger partial charge in [-0.05, 0) is 49.0 Å². The molecule has 2 nitrogen and oxygen atoms in total. The number of nitrogens with one attached hydrogen (secondary N) is 1. The average Bonchev–Trinajstić information content (AvgIpc) is 2.38. The molecule has 0 spiro atoms. The molecule has 20 heavy (non-hydrogen) atoms. The lowest BCUT2D eigenvalue weighted by atomic mass is 9.80. The second-order valence-electron chi connectivity index (χ2n) is 5.98. The molecular weight excluding hydrogens is 264 g/mol. The van der Waals surface area contributed by atoms with Crippen molar-refractivity contribution in [1.29, 1.82) is 5.26 Å². The van der Waals surface area contributed by atoms with Gasteiger partial charge < -0.3 is 5.32 Å². The molecule has 2 atom stereocenters. The number of hydrogen-bond donors (Lipinski definition) is 1. The van der Waals surface area contributed by atoms with E-state index in [1.54, 1.807) is 11.8 Å². The van der Waals surface area contributed by atoms with Crippen molar-refractivity contribution in [3.05, 3.63) is 23.8 Å². The first-order valence-corrected chi connectivity index (χ1v) is 8.55. The summed E-state index contributed by atoms with van der Waals surface area (Å²) in [6, 6.07) is 9.02. The second-order valence-corrected chi connectivity index (χ2v) is 7.29. The minimum absolute atomic E-state index is 0.503. The van der Waals surface area contributed by atoms with Crippen LogP contribution in [-0.2, 0) is 0 Å². The molecule has 1 aliphatic carbocycles. The molecule has 0 heterocycles. The first-order chi connectivity index (χ1) is 9.63. The first kappa shape index (κ1) is 15.3. The molecule has 1 aromatic rings. The lowest BCUT2D eigenvalue weighted by molar-refractivity contribution is 0.281. The zero-order valence-electron chi connectivity index (χ0n) is 12.6. The van der Waals surface area contributed by atoms with Crippen molar-refractivity contribution in [3.63, 3.8) is 0 Å². The monoisotopic (exact) mass is 288 g/mol. The SMILES string of the molecule is CCSc1cccc(NC2CC(C)CC(C)C2)c1C#N. The first-order valence-electron chi connectivity index (χ1n) is 7.56. The summed E-state index contributed by atoms with van der Waals surface area (Å²) < 4.78 is 0. The molecule has 0 saturated heterocycles. The Bertz CT molecular complexity index is 482. The molecular formula is C17H24N2S. The van der Waals surface area contributed by atoms with Crippen LogP contribution < -0.4 is 5.32 Å². The largest absolute Gasteiger partial charge is 0.381 e. The van der Waals surface area contributed by atoms with Crippen LogP contribution in [0.2, 0.25) is 0 Å². The van der Waals surface area contributed by atoms with Gasteiger partial charge in [-0.25, -0.2) is 0 Å². The van der Waals surface area contributed by atoms with E-state index in [0.29, 0.717) is 6.04 Å². The fourth-order valence-electron chi connectivity index (χ4n) is 3.33. The topological polar surface area (TPSA) is 35.8 Å². The quantitative estimate of drug-likeness (QED) is 0.800. The molecule has 2 unspecified atom stereocenters. The zero-order chi connectivity index (χ0) is 14.5. The van der Waals surface area contributed by atoms with Crippen LogP contribution in [0.25, 0.3) is 0 Å². The van der Waals surface area contributed by atoms with Crippen molar-refractivity contribution in [2.24, 2.45) is 11.8 Å². The number of nitrogens with zero attached hydrogens (tertiary/aromatic N) is 1. The summed E-state index contributed by atoms with van der Waals surface area (Å²) in [5.74, 6) is 2.54. The standard InChI is InChI=1S/C17H24N2S/c1-4-20-17-7-5-6-16(15(17)11-18)19-14-9-12(2)8-13(3)10-14/h5-7,12-14,19H,4,8-10H2,1-3H3. The molecule has 0 radical (unpaired) electrons. The van der Waals surface area contributed by atoms with E-state index in [0.717, 1.165) is 33.7 Å². The number of anilines is 1. The van der Waals surface area contributed by atoms with Crippen LogP contribution in [0.1, 0.15) is 45.6 Å². The zero-order valence-corrected chi connectivity index (χ0v) is 13.5. The predicted octanol–water partition coefficient (Wildman–Crippen LogP) is 4.91. The van der Waals surface area contributed by atoms with Gasteiger partial charge in [0.15, 0.2) is 0 Å². The summed E-state index contributed by atoms with van der Waals surface area (Å²) in [7, 11) is 0. The lowest BCUT2D eigenvalue weighted by Gasteiger charge is -2.33. The van der Waals surface area contributed by atoms with E-state index < -0.39 is 0 Å². The fraction of sp³-hybridized carbons (Fsp3) is 0.588. The molecule has 0 bridgehead atoms. The van der Waals surface area contributed by atoms with E-state index in [4.69, 9.17) is 0 Å². The van der Waals surface area contributed by atoms with Crippen LogP contribution in [0.3, 0.4) is 0 Å². The maximum absolute atomic E-state index is 9.46. The highest BCUT2D eigenvalue weighted by Gasteiger charge is 2.24. The minimum atomic E-state index is 0.503. The van der Waals surface area contributed by atoms with Gasteiger partial charge in [0.25, 0.3) is 0 Å².